The topological polar surface area (TPSA) is 58.9 Å². The largest absolute Gasteiger partial charge is 0.393 e. The second kappa shape index (κ2) is 9.50. The van der Waals surface area contributed by atoms with Crippen LogP contribution in [0.25, 0.3) is 0 Å². The molecule has 0 amide bonds. The Balaban J connectivity index is 1.52. The van der Waals surface area contributed by atoms with Gasteiger partial charge in [-0.05, 0) is 57.3 Å². The highest BCUT2D eigenvalue weighted by molar-refractivity contribution is 5.04. The van der Waals surface area contributed by atoms with Crippen LogP contribution in [0.5, 0.6) is 0 Å². The normalized spacial score (nSPS) is 35.5. The fraction of sp³-hybridized carbons (Fsp3) is 0.905. The van der Waals surface area contributed by atoms with E-state index in [1.165, 1.54) is 32.1 Å². The number of ether oxygens (including phenoxy) is 2. The number of aliphatic hydroxyl groups is 2. The van der Waals surface area contributed by atoms with E-state index in [2.05, 4.69) is 0 Å². The monoisotopic (exact) mass is 352 g/mol. The smallest absolute Gasteiger partial charge is 0.0778 e. The first-order valence-electron chi connectivity index (χ1n) is 10.5. The summed E-state index contributed by atoms with van der Waals surface area (Å²) in [6.07, 6.45) is 13.9. The third-order valence-electron chi connectivity index (χ3n) is 6.62. The minimum Gasteiger partial charge on any atom is -0.393 e. The van der Waals surface area contributed by atoms with Crippen LogP contribution in [0.2, 0.25) is 0 Å². The molecule has 0 aromatic rings. The van der Waals surface area contributed by atoms with Crippen molar-refractivity contribution in [2.45, 2.75) is 89.1 Å². The second-order valence-electron chi connectivity index (χ2n) is 8.15. The first-order chi connectivity index (χ1) is 12.2. The quantitative estimate of drug-likeness (QED) is 0.493. The van der Waals surface area contributed by atoms with Gasteiger partial charge in [0.1, 0.15) is 0 Å². The number of rotatable bonds is 9. The summed E-state index contributed by atoms with van der Waals surface area (Å²) in [6, 6.07) is 0. The fourth-order valence-electron chi connectivity index (χ4n) is 5.29. The van der Waals surface area contributed by atoms with Crippen LogP contribution in [0, 0.1) is 17.8 Å². The van der Waals surface area contributed by atoms with Gasteiger partial charge in [-0.25, -0.2) is 0 Å². The summed E-state index contributed by atoms with van der Waals surface area (Å²) in [5.41, 5.74) is 0. The summed E-state index contributed by atoms with van der Waals surface area (Å²) in [7, 11) is 0. The van der Waals surface area contributed by atoms with Crippen LogP contribution in [-0.4, -0.2) is 47.8 Å². The molecule has 1 aliphatic carbocycles. The molecule has 0 spiro atoms. The minimum atomic E-state index is -0.465. The SMILES string of the molecule is CCOCC=C[C@H](O)[C@H]1[C@@H]2CCC(O2)[C@@H]1CCC(O)C1CCCCC1. The van der Waals surface area contributed by atoms with E-state index in [9.17, 15) is 10.2 Å². The zero-order chi connectivity index (χ0) is 17.6. The maximum Gasteiger partial charge on any atom is 0.0778 e. The summed E-state index contributed by atoms with van der Waals surface area (Å²) < 4.78 is 11.4. The maximum atomic E-state index is 10.7. The molecule has 4 nitrogen and oxygen atoms in total. The molecular weight excluding hydrogens is 316 g/mol. The highest BCUT2D eigenvalue weighted by atomic mass is 16.5. The molecule has 2 N–H and O–H groups in total. The van der Waals surface area contributed by atoms with Crippen molar-refractivity contribution >= 4 is 0 Å². The first-order valence-corrected chi connectivity index (χ1v) is 10.5. The number of hydrogen-bond acceptors (Lipinski definition) is 4. The van der Waals surface area contributed by atoms with E-state index in [1.54, 1.807) is 0 Å². The first kappa shape index (κ1) is 19.3. The van der Waals surface area contributed by atoms with E-state index in [1.807, 2.05) is 19.1 Å². The van der Waals surface area contributed by atoms with Gasteiger partial charge in [-0.3, -0.25) is 0 Å². The van der Waals surface area contributed by atoms with Gasteiger partial charge in [0.05, 0.1) is 31.0 Å². The van der Waals surface area contributed by atoms with Gasteiger partial charge in [0.15, 0.2) is 0 Å². The Hall–Kier alpha value is -0.420. The third-order valence-corrected chi connectivity index (χ3v) is 6.62. The van der Waals surface area contributed by atoms with Gasteiger partial charge >= 0.3 is 0 Å². The van der Waals surface area contributed by atoms with E-state index in [0.29, 0.717) is 25.0 Å². The van der Waals surface area contributed by atoms with Crippen LogP contribution in [0.15, 0.2) is 12.2 Å². The molecule has 0 aromatic heterocycles. The van der Waals surface area contributed by atoms with Gasteiger partial charge in [0.2, 0.25) is 0 Å². The van der Waals surface area contributed by atoms with Crippen LogP contribution in [0.1, 0.15) is 64.7 Å². The van der Waals surface area contributed by atoms with Gasteiger partial charge < -0.3 is 19.7 Å². The van der Waals surface area contributed by atoms with E-state index in [-0.39, 0.29) is 24.2 Å². The molecule has 2 bridgehead atoms. The van der Waals surface area contributed by atoms with Crippen molar-refractivity contribution in [3.8, 4) is 0 Å². The molecule has 1 saturated carbocycles. The molecule has 2 saturated heterocycles. The molecule has 2 heterocycles. The van der Waals surface area contributed by atoms with Gasteiger partial charge in [-0.1, -0.05) is 31.4 Å². The molecule has 3 fully saturated rings. The summed E-state index contributed by atoms with van der Waals surface area (Å²) in [5.74, 6) is 1.04. The lowest BCUT2D eigenvalue weighted by molar-refractivity contribution is 0.0521. The molecule has 144 valence electrons. The Labute approximate surface area is 152 Å². The van der Waals surface area contributed by atoms with Crippen LogP contribution in [-0.2, 0) is 9.47 Å². The third kappa shape index (κ3) is 4.85. The van der Waals surface area contributed by atoms with Crippen LogP contribution in [0.3, 0.4) is 0 Å². The van der Waals surface area contributed by atoms with E-state index < -0.39 is 6.10 Å². The zero-order valence-corrected chi connectivity index (χ0v) is 15.7. The fourth-order valence-corrected chi connectivity index (χ4v) is 5.29. The molecule has 3 aliphatic rings. The van der Waals surface area contributed by atoms with Gasteiger partial charge in [0, 0.05) is 12.5 Å². The lowest BCUT2D eigenvalue weighted by Crippen LogP contribution is -2.36. The Bertz CT molecular complexity index is 418. The van der Waals surface area contributed by atoms with Crippen molar-refractivity contribution in [1.82, 2.24) is 0 Å². The van der Waals surface area contributed by atoms with Crippen molar-refractivity contribution in [3.05, 3.63) is 12.2 Å². The van der Waals surface area contributed by atoms with Crippen molar-refractivity contribution < 1.29 is 19.7 Å². The lowest BCUT2D eigenvalue weighted by Gasteiger charge is -2.32. The molecule has 0 radical (unpaired) electrons. The number of aliphatic hydroxyl groups excluding tert-OH is 2. The predicted molar refractivity (Wildman–Crippen MR) is 98.3 cm³/mol. The molecule has 25 heavy (non-hydrogen) atoms. The van der Waals surface area contributed by atoms with E-state index in [4.69, 9.17) is 9.47 Å². The molecule has 4 heteroatoms. The molecule has 0 aromatic carbocycles. The van der Waals surface area contributed by atoms with Gasteiger partial charge in [0.25, 0.3) is 0 Å². The summed E-state index contributed by atoms with van der Waals surface area (Å²) in [6.45, 7) is 3.22. The van der Waals surface area contributed by atoms with Gasteiger partial charge in [-0.15, -0.1) is 0 Å². The molecule has 3 rings (SSSR count). The van der Waals surface area contributed by atoms with Crippen molar-refractivity contribution in [2.24, 2.45) is 17.8 Å². The second-order valence-corrected chi connectivity index (χ2v) is 8.15. The van der Waals surface area contributed by atoms with Crippen molar-refractivity contribution in [1.29, 1.82) is 0 Å². The molecule has 2 unspecified atom stereocenters. The molecule has 6 atom stereocenters. The molecular formula is C21H36O4. The maximum absolute atomic E-state index is 10.7. The highest BCUT2D eigenvalue weighted by Crippen LogP contribution is 2.47. The Morgan fingerprint density at radius 1 is 1.08 bits per heavy atom. The number of hydrogen-bond donors (Lipinski definition) is 2. The van der Waals surface area contributed by atoms with Gasteiger partial charge in [-0.2, -0.15) is 0 Å². The van der Waals surface area contributed by atoms with Crippen LogP contribution >= 0.6 is 0 Å². The van der Waals surface area contributed by atoms with E-state index in [0.717, 1.165) is 25.7 Å². The van der Waals surface area contributed by atoms with Crippen LogP contribution in [0.4, 0.5) is 0 Å². The predicted octanol–water partition coefficient (Wildman–Crippen LogP) is 3.46. The Kier molecular flexibility index (Phi) is 7.35. The average Bonchev–Trinajstić information content (AvgIpc) is 3.25. The average molecular weight is 353 g/mol. The van der Waals surface area contributed by atoms with Crippen LogP contribution < -0.4 is 0 Å². The summed E-state index contributed by atoms with van der Waals surface area (Å²) in [4.78, 5) is 0. The Morgan fingerprint density at radius 2 is 1.84 bits per heavy atom. The van der Waals surface area contributed by atoms with Crippen molar-refractivity contribution in [2.75, 3.05) is 13.2 Å². The lowest BCUT2D eigenvalue weighted by atomic mass is 9.73. The highest BCUT2D eigenvalue weighted by Gasteiger charge is 2.50. The summed E-state index contributed by atoms with van der Waals surface area (Å²) >= 11 is 0. The zero-order valence-electron chi connectivity index (χ0n) is 15.7. The van der Waals surface area contributed by atoms with Crippen molar-refractivity contribution in [3.63, 3.8) is 0 Å². The molecule has 2 aliphatic heterocycles. The summed E-state index contributed by atoms with van der Waals surface area (Å²) in [5, 5.41) is 21.3. The van der Waals surface area contributed by atoms with E-state index >= 15 is 0 Å². The minimum absolute atomic E-state index is 0.175. The number of fused-ring (bicyclic) bond motifs is 2. The standard InChI is InChI=1S/C21H36O4/c1-2-24-14-6-9-18(23)21-16(19-12-13-20(21)25-19)10-11-17(22)15-7-4-3-5-8-15/h6,9,15-23H,2-5,7-8,10-14H2,1H3/t16-,17?,18-,19?,20-,21-/m0/s1. The Morgan fingerprint density at radius 3 is 2.60 bits per heavy atom.